The number of rotatable bonds is 6. The molecule has 156 valence electrons. The molecule has 0 radical (unpaired) electrons. The van der Waals surface area contributed by atoms with Gasteiger partial charge in [-0.05, 0) is 48.4 Å². The molecule has 1 saturated heterocycles. The van der Waals surface area contributed by atoms with Crippen molar-refractivity contribution in [3.05, 3.63) is 59.2 Å². The van der Waals surface area contributed by atoms with Gasteiger partial charge in [0.15, 0.2) is 11.5 Å². The molecule has 4 rings (SSSR count). The summed E-state index contributed by atoms with van der Waals surface area (Å²) < 4.78 is 16.0. The fraction of sp³-hybridized carbons (Fsp3) is 0.304. The molecule has 1 N–H and O–H groups in total. The minimum atomic E-state index is -0.701. The normalized spacial score (nSPS) is 19.4. The van der Waals surface area contributed by atoms with Gasteiger partial charge in [0.1, 0.15) is 11.5 Å². The zero-order valence-electron chi connectivity index (χ0n) is 16.9. The number of ketones is 1. The van der Waals surface area contributed by atoms with Gasteiger partial charge in [-0.15, -0.1) is 0 Å². The Bertz CT molecular complexity index is 1010. The van der Waals surface area contributed by atoms with Gasteiger partial charge in [-0.3, -0.25) is 9.59 Å². The molecule has 1 unspecified atom stereocenters. The quantitative estimate of drug-likeness (QED) is 0.445. The van der Waals surface area contributed by atoms with Crippen LogP contribution in [0.1, 0.15) is 36.9 Å². The molecule has 2 aromatic carbocycles. The van der Waals surface area contributed by atoms with E-state index in [4.69, 9.17) is 14.2 Å². The molecular weight excluding hydrogens is 386 g/mol. The molecule has 7 nitrogen and oxygen atoms in total. The number of nitrogens with zero attached hydrogens (tertiary/aromatic N) is 1. The number of Topliss-reactive ketones (excluding diaryl/α,β-unsaturated/α-hetero) is 1. The van der Waals surface area contributed by atoms with Crippen molar-refractivity contribution in [1.82, 2.24) is 4.90 Å². The Balaban J connectivity index is 1.83. The second-order valence-corrected chi connectivity index (χ2v) is 7.19. The number of benzene rings is 2. The average Bonchev–Trinajstić information content (AvgIpc) is 3.34. The van der Waals surface area contributed by atoms with E-state index in [0.717, 1.165) is 12.8 Å². The molecule has 1 amide bonds. The molecule has 2 aliphatic rings. The second kappa shape index (κ2) is 8.10. The maximum Gasteiger partial charge on any atom is 0.295 e. The molecule has 2 heterocycles. The van der Waals surface area contributed by atoms with Crippen LogP contribution in [0.5, 0.6) is 17.2 Å². The number of fused-ring (bicyclic) bond motifs is 1. The number of carbonyl (C=O) groups excluding carboxylic acids is 2. The smallest absolute Gasteiger partial charge is 0.295 e. The molecule has 0 saturated carbocycles. The summed E-state index contributed by atoms with van der Waals surface area (Å²) in [5.74, 6) is 0.278. The zero-order chi connectivity index (χ0) is 21.3. The number of hydrogen-bond acceptors (Lipinski definition) is 6. The van der Waals surface area contributed by atoms with Crippen molar-refractivity contribution in [2.45, 2.75) is 25.8 Å². The summed E-state index contributed by atoms with van der Waals surface area (Å²) >= 11 is 0. The van der Waals surface area contributed by atoms with Crippen molar-refractivity contribution in [3.63, 3.8) is 0 Å². The maximum atomic E-state index is 12.9. The number of methoxy groups -OCH3 is 1. The SMILES string of the molecule is CCCCN1C(=O)C(=O)/C(=C(\O)c2ccc(OC)cc2)C1c1ccc2c(c1)OCO2. The van der Waals surface area contributed by atoms with Crippen molar-refractivity contribution < 1.29 is 28.9 Å². The van der Waals surface area contributed by atoms with E-state index in [1.54, 1.807) is 49.6 Å². The van der Waals surface area contributed by atoms with Gasteiger partial charge >= 0.3 is 0 Å². The van der Waals surface area contributed by atoms with Crippen molar-refractivity contribution >= 4 is 17.4 Å². The highest BCUT2D eigenvalue weighted by Gasteiger charge is 2.46. The summed E-state index contributed by atoms with van der Waals surface area (Å²) in [5.41, 5.74) is 1.19. The van der Waals surface area contributed by atoms with Crippen LogP contribution in [0.3, 0.4) is 0 Å². The Morgan fingerprint density at radius 2 is 1.87 bits per heavy atom. The van der Waals surface area contributed by atoms with Crippen molar-refractivity contribution in [3.8, 4) is 17.2 Å². The third kappa shape index (κ3) is 3.36. The lowest BCUT2D eigenvalue weighted by Crippen LogP contribution is -2.30. The summed E-state index contributed by atoms with van der Waals surface area (Å²) in [5, 5.41) is 11.0. The van der Waals surface area contributed by atoms with Gasteiger partial charge in [0, 0.05) is 12.1 Å². The van der Waals surface area contributed by atoms with Gasteiger partial charge in [0.25, 0.3) is 11.7 Å². The second-order valence-electron chi connectivity index (χ2n) is 7.19. The van der Waals surface area contributed by atoms with E-state index in [0.29, 0.717) is 34.9 Å². The number of aliphatic hydroxyl groups is 1. The molecule has 0 aliphatic carbocycles. The van der Waals surface area contributed by atoms with Gasteiger partial charge in [-0.1, -0.05) is 19.4 Å². The van der Waals surface area contributed by atoms with Gasteiger partial charge in [-0.2, -0.15) is 0 Å². The van der Waals surface area contributed by atoms with E-state index in [2.05, 4.69) is 0 Å². The Hall–Kier alpha value is -3.48. The van der Waals surface area contributed by atoms with E-state index in [1.165, 1.54) is 4.90 Å². The highest BCUT2D eigenvalue weighted by molar-refractivity contribution is 6.46. The molecule has 0 aromatic heterocycles. The predicted octanol–water partition coefficient (Wildman–Crippen LogP) is 3.65. The molecule has 7 heteroatoms. The van der Waals surface area contributed by atoms with Crippen molar-refractivity contribution in [1.29, 1.82) is 0 Å². The summed E-state index contributed by atoms with van der Waals surface area (Å²) in [6.07, 6.45) is 1.62. The number of carbonyl (C=O) groups is 2. The largest absolute Gasteiger partial charge is 0.507 e. The van der Waals surface area contributed by atoms with E-state index in [1.807, 2.05) is 6.92 Å². The minimum absolute atomic E-state index is 0.0696. The minimum Gasteiger partial charge on any atom is -0.507 e. The third-order valence-electron chi connectivity index (χ3n) is 5.37. The van der Waals surface area contributed by atoms with Crippen LogP contribution in [0, 0.1) is 0 Å². The first-order valence-electron chi connectivity index (χ1n) is 9.87. The van der Waals surface area contributed by atoms with Crippen LogP contribution in [0.4, 0.5) is 0 Å². The summed E-state index contributed by atoms with van der Waals surface area (Å²) in [7, 11) is 1.55. The van der Waals surface area contributed by atoms with Crippen LogP contribution in [0.25, 0.3) is 5.76 Å². The fourth-order valence-corrected chi connectivity index (χ4v) is 3.77. The van der Waals surface area contributed by atoms with Crippen LogP contribution in [0.15, 0.2) is 48.0 Å². The number of unbranched alkanes of at least 4 members (excludes halogenated alkanes) is 1. The molecule has 1 atom stereocenters. The molecule has 1 fully saturated rings. The lowest BCUT2D eigenvalue weighted by atomic mass is 9.95. The summed E-state index contributed by atoms with van der Waals surface area (Å²) in [4.78, 5) is 27.3. The van der Waals surface area contributed by atoms with Crippen LogP contribution < -0.4 is 14.2 Å². The molecule has 2 aromatic rings. The number of ether oxygens (including phenoxy) is 3. The lowest BCUT2D eigenvalue weighted by Gasteiger charge is -2.25. The van der Waals surface area contributed by atoms with Crippen LogP contribution >= 0.6 is 0 Å². The zero-order valence-corrected chi connectivity index (χ0v) is 16.9. The van der Waals surface area contributed by atoms with Gasteiger partial charge < -0.3 is 24.2 Å². The number of hydrogen-bond donors (Lipinski definition) is 1. The van der Waals surface area contributed by atoms with E-state index >= 15 is 0 Å². The van der Waals surface area contributed by atoms with Crippen LogP contribution in [-0.4, -0.2) is 42.1 Å². The standard InChI is InChI=1S/C23H23NO6/c1-3-4-11-24-20(15-7-10-17-18(12-15)30-13-29-17)19(22(26)23(24)27)21(25)14-5-8-16(28-2)9-6-14/h5-10,12,20,25H,3-4,11,13H2,1-2H3/b21-19-. The summed E-state index contributed by atoms with van der Waals surface area (Å²) in [6.45, 7) is 2.56. The molecule has 2 aliphatic heterocycles. The monoisotopic (exact) mass is 409 g/mol. The topological polar surface area (TPSA) is 85.3 Å². The average molecular weight is 409 g/mol. The first-order valence-corrected chi connectivity index (χ1v) is 9.87. The van der Waals surface area contributed by atoms with Crippen LogP contribution in [-0.2, 0) is 9.59 Å². The third-order valence-corrected chi connectivity index (χ3v) is 5.37. The van der Waals surface area contributed by atoms with E-state index < -0.39 is 17.7 Å². The highest BCUT2D eigenvalue weighted by atomic mass is 16.7. The number of likely N-dealkylation sites (tertiary alicyclic amines) is 1. The van der Waals surface area contributed by atoms with Gasteiger partial charge in [0.05, 0.1) is 18.7 Å². The van der Waals surface area contributed by atoms with E-state index in [-0.39, 0.29) is 18.1 Å². The van der Waals surface area contributed by atoms with Gasteiger partial charge in [0.2, 0.25) is 6.79 Å². The molecule has 0 bridgehead atoms. The van der Waals surface area contributed by atoms with Crippen molar-refractivity contribution in [2.24, 2.45) is 0 Å². The molecule has 30 heavy (non-hydrogen) atoms. The molecular formula is C23H23NO6. The number of aliphatic hydroxyl groups excluding tert-OH is 1. The van der Waals surface area contributed by atoms with E-state index in [9.17, 15) is 14.7 Å². The molecule has 0 spiro atoms. The Morgan fingerprint density at radius 3 is 2.57 bits per heavy atom. The van der Waals surface area contributed by atoms with Crippen LogP contribution in [0.2, 0.25) is 0 Å². The lowest BCUT2D eigenvalue weighted by molar-refractivity contribution is -0.139. The summed E-state index contributed by atoms with van der Waals surface area (Å²) in [6, 6.07) is 11.3. The first-order chi connectivity index (χ1) is 14.5. The van der Waals surface area contributed by atoms with Gasteiger partial charge in [-0.25, -0.2) is 0 Å². The Labute approximate surface area is 174 Å². The predicted molar refractivity (Wildman–Crippen MR) is 109 cm³/mol. The fourth-order valence-electron chi connectivity index (χ4n) is 3.77. The number of amides is 1. The first kappa shape index (κ1) is 19.8. The highest BCUT2D eigenvalue weighted by Crippen LogP contribution is 2.43. The van der Waals surface area contributed by atoms with Crippen molar-refractivity contribution in [2.75, 3.05) is 20.4 Å². The Morgan fingerprint density at radius 1 is 1.13 bits per heavy atom. The Kier molecular flexibility index (Phi) is 5.35. The maximum absolute atomic E-state index is 12.9.